The van der Waals surface area contributed by atoms with Gasteiger partial charge in [0.2, 0.25) is 5.95 Å². The Morgan fingerprint density at radius 3 is 2.67 bits per heavy atom. The molecule has 0 aliphatic carbocycles. The van der Waals surface area contributed by atoms with Gasteiger partial charge in [0.25, 0.3) is 0 Å². The van der Waals surface area contributed by atoms with E-state index in [-0.39, 0.29) is 5.82 Å². The number of halogens is 1. The second-order valence-electron chi connectivity index (χ2n) is 8.20. The van der Waals surface area contributed by atoms with Gasteiger partial charge in [0.05, 0.1) is 23.1 Å². The van der Waals surface area contributed by atoms with Crippen LogP contribution in [0.15, 0.2) is 54.9 Å². The first-order chi connectivity index (χ1) is 16.1. The quantitative estimate of drug-likeness (QED) is 0.476. The number of piperazine rings is 1. The molecule has 168 valence electrons. The van der Waals surface area contributed by atoms with Crippen LogP contribution < -0.4 is 15.5 Å². The summed E-state index contributed by atoms with van der Waals surface area (Å²) in [5.74, 6) is 0.704. The molecule has 2 aromatic carbocycles. The Kier molecular flexibility index (Phi) is 5.70. The average Bonchev–Trinajstić information content (AvgIpc) is 2.81. The number of likely N-dealkylation sites (N-methyl/N-ethyl adjacent to an activating group) is 1. The molecule has 1 saturated heterocycles. The van der Waals surface area contributed by atoms with E-state index in [9.17, 15) is 4.39 Å². The van der Waals surface area contributed by atoms with E-state index >= 15 is 0 Å². The van der Waals surface area contributed by atoms with E-state index in [2.05, 4.69) is 47.6 Å². The number of fused-ring (bicyclic) bond motifs is 1. The molecule has 1 aliphatic heterocycles. The van der Waals surface area contributed by atoms with Gasteiger partial charge in [0.1, 0.15) is 11.6 Å². The summed E-state index contributed by atoms with van der Waals surface area (Å²) in [5.41, 5.74) is 3.91. The number of anilines is 5. The first-order valence-electron chi connectivity index (χ1n) is 10.9. The van der Waals surface area contributed by atoms with Gasteiger partial charge >= 0.3 is 0 Å². The monoisotopic (exact) mass is 444 g/mol. The minimum absolute atomic E-state index is 0.261. The Morgan fingerprint density at radius 2 is 1.85 bits per heavy atom. The Morgan fingerprint density at radius 1 is 1.00 bits per heavy atom. The molecule has 0 spiro atoms. The maximum Gasteiger partial charge on any atom is 0.229 e. The molecular formula is C24H25FN8. The largest absolute Gasteiger partial charge is 0.367 e. The first kappa shape index (κ1) is 21.0. The number of nitrogens with one attached hydrogen (secondary N) is 2. The third-order valence-corrected chi connectivity index (χ3v) is 5.84. The third kappa shape index (κ3) is 4.54. The number of benzene rings is 2. The Balaban J connectivity index is 1.33. The van der Waals surface area contributed by atoms with Gasteiger partial charge in [-0.1, -0.05) is 18.2 Å². The maximum atomic E-state index is 14.8. The number of hydrogen-bond donors (Lipinski definition) is 2. The summed E-state index contributed by atoms with van der Waals surface area (Å²) >= 11 is 0. The molecule has 3 heterocycles. The van der Waals surface area contributed by atoms with Crippen LogP contribution in [0.3, 0.4) is 0 Å². The first-order valence-corrected chi connectivity index (χ1v) is 10.9. The highest BCUT2D eigenvalue weighted by atomic mass is 19.1. The molecule has 1 aliphatic rings. The van der Waals surface area contributed by atoms with Gasteiger partial charge in [0, 0.05) is 43.4 Å². The zero-order chi connectivity index (χ0) is 22.8. The molecule has 0 radical (unpaired) electrons. The lowest BCUT2D eigenvalue weighted by atomic mass is 10.1. The smallest absolute Gasteiger partial charge is 0.229 e. The number of aryl methyl sites for hydroxylation is 1. The second kappa shape index (κ2) is 8.95. The van der Waals surface area contributed by atoms with Crippen molar-refractivity contribution in [2.45, 2.75) is 6.92 Å². The summed E-state index contributed by atoms with van der Waals surface area (Å²) in [5, 5.41) is 15.7. The molecule has 0 bridgehead atoms. The van der Waals surface area contributed by atoms with Crippen molar-refractivity contribution in [2.75, 3.05) is 48.8 Å². The summed E-state index contributed by atoms with van der Waals surface area (Å²) in [6.45, 7) is 5.48. The molecule has 0 unspecified atom stereocenters. The summed E-state index contributed by atoms with van der Waals surface area (Å²) in [6.07, 6.45) is 3.32. The van der Waals surface area contributed by atoms with Gasteiger partial charge in [-0.25, -0.2) is 9.37 Å². The molecule has 33 heavy (non-hydrogen) atoms. The van der Waals surface area contributed by atoms with Crippen molar-refractivity contribution in [3.05, 3.63) is 66.2 Å². The fourth-order valence-corrected chi connectivity index (χ4v) is 3.97. The van der Waals surface area contributed by atoms with E-state index in [1.807, 2.05) is 37.3 Å². The summed E-state index contributed by atoms with van der Waals surface area (Å²) in [4.78, 5) is 13.1. The molecular weight excluding hydrogens is 419 g/mol. The number of hydrogen-bond acceptors (Lipinski definition) is 8. The van der Waals surface area contributed by atoms with Crippen molar-refractivity contribution in [2.24, 2.45) is 0 Å². The number of rotatable bonds is 5. The second-order valence-corrected chi connectivity index (χ2v) is 8.20. The van der Waals surface area contributed by atoms with Gasteiger partial charge in [-0.15, -0.1) is 0 Å². The number of nitrogens with zero attached hydrogens (tertiary/aromatic N) is 6. The van der Waals surface area contributed by atoms with Gasteiger partial charge in [-0.05, 0) is 43.8 Å². The van der Waals surface area contributed by atoms with Gasteiger partial charge in [0.15, 0.2) is 0 Å². The van der Waals surface area contributed by atoms with Gasteiger partial charge in [-0.2, -0.15) is 15.2 Å². The predicted molar refractivity (Wildman–Crippen MR) is 129 cm³/mol. The van der Waals surface area contributed by atoms with E-state index in [0.29, 0.717) is 23.1 Å². The van der Waals surface area contributed by atoms with Crippen LogP contribution in [0.2, 0.25) is 0 Å². The van der Waals surface area contributed by atoms with E-state index in [1.165, 1.54) is 6.07 Å². The summed E-state index contributed by atoms with van der Waals surface area (Å²) < 4.78 is 14.8. The number of aromatic nitrogens is 4. The fraction of sp³-hybridized carbons (Fsp3) is 0.250. The topological polar surface area (TPSA) is 82.1 Å². The van der Waals surface area contributed by atoms with Crippen molar-refractivity contribution < 1.29 is 4.39 Å². The normalized spacial score (nSPS) is 14.5. The van der Waals surface area contributed by atoms with Crippen molar-refractivity contribution in [3.63, 3.8) is 0 Å². The van der Waals surface area contributed by atoms with Crippen molar-refractivity contribution in [1.29, 1.82) is 0 Å². The van der Waals surface area contributed by atoms with Crippen LogP contribution in [-0.2, 0) is 0 Å². The van der Waals surface area contributed by atoms with Crippen molar-refractivity contribution in [3.8, 4) is 0 Å². The highest BCUT2D eigenvalue weighted by Crippen LogP contribution is 2.27. The highest BCUT2D eigenvalue weighted by molar-refractivity contribution is 5.93. The molecule has 2 N–H and O–H groups in total. The minimum Gasteiger partial charge on any atom is -0.367 e. The van der Waals surface area contributed by atoms with Crippen molar-refractivity contribution in [1.82, 2.24) is 25.1 Å². The fourth-order valence-electron chi connectivity index (χ4n) is 3.97. The zero-order valence-corrected chi connectivity index (χ0v) is 18.6. The molecule has 0 atom stereocenters. The van der Waals surface area contributed by atoms with Crippen LogP contribution in [-0.4, -0.2) is 58.3 Å². The molecule has 0 amide bonds. The predicted octanol–water partition coefficient (Wildman–Crippen LogP) is 4.11. The Bertz CT molecular complexity index is 1290. The standard InChI is InChI=1S/C24H25FN8/c1-16-4-3-5-18-20(15-27-31-23(16)18)29-22-8-9-26-24(30-22)28-17-6-7-21(19(25)14-17)33-12-10-32(2)11-13-33/h3-9,14-15H,10-13H2,1-2H3,(H2,26,28,29,30,31). The van der Waals surface area contributed by atoms with Gasteiger partial charge in [-0.3, -0.25) is 0 Å². The highest BCUT2D eigenvalue weighted by Gasteiger charge is 2.17. The Labute approximate surface area is 191 Å². The lowest BCUT2D eigenvalue weighted by Gasteiger charge is -2.34. The maximum absolute atomic E-state index is 14.8. The van der Waals surface area contributed by atoms with Crippen LogP contribution in [0, 0.1) is 12.7 Å². The van der Waals surface area contributed by atoms with E-state index in [4.69, 9.17) is 0 Å². The minimum atomic E-state index is -0.261. The average molecular weight is 445 g/mol. The molecule has 2 aromatic heterocycles. The molecule has 1 fully saturated rings. The summed E-state index contributed by atoms with van der Waals surface area (Å²) in [6, 6.07) is 12.9. The third-order valence-electron chi connectivity index (χ3n) is 5.84. The van der Waals surface area contributed by atoms with E-state index in [1.54, 1.807) is 18.5 Å². The molecule has 4 aromatic rings. The van der Waals surface area contributed by atoms with E-state index < -0.39 is 0 Å². The molecule has 5 rings (SSSR count). The Hall–Kier alpha value is -3.85. The van der Waals surface area contributed by atoms with Crippen LogP contribution in [0.1, 0.15) is 5.56 Å². The molecule has 9 heteroatoms. The van der Waals surface area contributed by atoms with E-state index in [0.717, 1.165) is 48.3 Å². The lowest BCUT2D eigenvalue weighted by molar-refractivity contribution is 0.311. The van der Waals surface area contributed by atoms with Crippen LogP contribution in [0.5, 0.6) is 0 Å². The van der Waals surface area contributed by atoms with Crippen LogP contribution in [0.4, 0.5) is 33.2 Å². The van der Waals surface area contributed by atoms with Crippen LogP contribution >= 0.6 is 0 Å². The van der Waals surface area contributed by atoms with Gasteiger partial charge < -0.3 is 20.4 Å². The zero-order valence-electron chi connectivity index (χ0n) is 18.6. The summed E-state index contributed by atoms with van der Waals surface area (Å²) in [7, 11) is 2.08. The SMILES string of the molecule is Cc1cccc2c(Nc3ccnc(Nc4ccc(N5CCN(C)CC5)c(F)c4)n3)cnnc12. The molecule has 0 saturated carbocycles. The van der Waals surface area contributed by atoms with Crippen molar-refractivity contribution >= 4 is 39.7 Å². The lowest BCUT2D eigenvalue weighted by Crippen LogP contribution is -2.44. The molecule has 8 nitrogen and oxygen atoms in total. The van der Waals surface area contributed by atoms with Crippen LogP contribution in [0.25, 0.3) is 10.9 Å².